The number of aromatic nitrogens is 1. The molecule has 0 N–H and O–H groups in total. The molecular formula is C14H14N2O3. The number of rotatable bonds is 2. The molecule has 3 rings (SSSR count). The second-order valence-corrected chi connectivity index (χ2v) is 4.54. The number of aliphatic imine (C=N–C) groups is 1. The molecule has 5 heteroatoms. The third-order valence-corrected chi connectivity index (χ3v) is 3.20. The predicted molar refractivity (Wildman–Crippen MR) is 69.3 cm³/mol. The molecule has 0 saturated carbocycles. The first-order chi connectivity index (χ1) is 9.33. The first-order valence-electron chi connectivity index (χ1n) is 6.33. The van der Waals surface area contributed by atoms with Gasteiger partial charge < -0.3 is 9.47 Å². The van der Waals surface area contributed by atoms with Gasteiger partial charge in [-0.15, -0.1) is 0 Å². The standard InChI is InChI=1S/C14H14N2O3/c17-14-12(8-10-2-1-5-15-9-10)16-13(19-14)11-3-6-18-7-4-11/h1-2,5,8-9,11H,3-4,6-7H2/b12-8+. The highest BCUT2D eigenvalue weighted by Crippen LogP contribution is 2.24. The second kappa shape index (κ2) is 5.32. The lowest BCUT2D eigenvalue weighted by Crippen LogP contribution is -2.24. The van der Waals surface area contributed by atoms with Crippen molar-refractivity contribution in [1.29, 1.82) is 0 Å². The van der Waals surface area contributed by atoms with Crippen molar-refractivity contribution in [2.24, 2.45) is 10.9 Å². The van der Waals surface area contributed by atoms with Gasteiger partial charge in [0, 0.05) is 31.5 Å². The van der Waals surface area contributed by atoms with E-state index in [4.69, 9.17) is 9.47 Å². The van der Waals surface area contributed by atoms with Gasteiger partial charge in [-0.05, 0) is 30.5 Å². The van der Waals surface area contributed by atoms with Gasteiger partial charge in [0.25, 0.3) is 0 Å². The van der Waals surface area contributed by atoms with Gasteiger partial charge in [0.2, 0.25) is 5.90 Å². The van der Waals surface area contributed by atoms with Gasteiger partial charge in [-0.3, -0.25) is 4.98 Å². The van der Waals surface area contributed by atoms with Gasteiger partial charge in [-0.1, -0.05) is 6.07 Å². The monoisotopic (exact) mass is 258 g/mol. The zero-order chi connectivity index (χ0) is 13.1. The van der Waals surface area contributed by atoms with Crippen molar-refractivity contribution in [3.8, 4) is 0 Å². The minimum Gasteiger partial charge on any atom is -0.406 e. The summed E-state index contributed by atoms with van der Waals surface area (Å²) in [6, 6.07) is 3.69. The summed E-state index contributed by atoms with van der Waals surface area (Å²) < 4.78 is 10.5. The molecule has 2 aliphatic heterocycles. The van der Waals surface area contributed by atoms with E-state index in [0.29, 0.717) is 24.8 Å². The largest absolute Gasteiger partial charge is 0.406 e. The Balaban J connectivity index is 1.81. The number of ether oxygens (including phenoxy) is 2. The predicted octanol–water partition coefficient (Wildman–Crippen LogP) is 1.80. The van der Waals surface area contributed by atoms with Crippen molar-refractivity contribution in [2.75, 3.05) is 13.2 Å². The molecule has 3 heterocycles. The summed E-state index contributed by atoms with van der Waals surface area (Å²) in [5, 5.41) is 0. The van der Waals surface area contributed by atoms with Crippen LogP contribution in [0.2, 0.25) is 0 Å². The van der Waals surface area contributed by atoms with E-state index in [-0.39, 0.29) is 11.9 Å². The zero-order valence-electron chi connectivity index (χ0n) is 10.4. The molecule has 1 saturated heterocycles. The Kier molecular flexibility index (Phi) is 3.37. The van der Waals surface area contributed by atoms with Crippen LogP contribution in [0, 0.1) is 5.92 Å². The van der Waals surface area contributed by atoms with Crippen molar-refractivity contribution in [1.82, 2.24) is 4.98 Å². The van der Waals surface area contributed by atoms with Crippen LogP contribution in [0.3, 0.4) is 0 Å². The normalized spacial score (nSPS) is 22.4. The lowest BCUT2D eigenvalue weighted by molar-refractivity contribution is -0.130. The van der Waals surface area contributed by atoms with Crippen molar-refractivity contribution in [3.63, 3.8) is 0 Å². The fourth-order valence-electron chi connectivity index (χ4n) is 2.16. The number of nitrogens with zero attached hydrogens (tertiary/aromatic N) is 2. The smallest absolute Gasteiger partial charge is 0.363 e. The summed E-state index contributed by atoms with van der Waals surface area (Å²) in [6.45, 7) is 1.39. The third kappa shape index (κ3) is 2.71. The van der Waals surface area contributed by atoms with E-state index in [1.165, 1.54) is 0 Å². The van der Waals surface area contributed by atoms with Crippen LogP contribution in [0.4, 0.5) is 0 Å². The fraction of sp³-hybridized carbons (Fsp3) is 0.357. The van der Waals surface area contributed by atoms with Crippen molar-refractivity contribution in [3.05, 3.63) is 35.8 Å². The Hall–Kier alpha value is -2.01. The average Bonchev–Trinajstić information content (AvgIpc) is 2.82. The SMILES string of the molecule is O=C1OC(C2CCOCC2)=N/C1=C/c1cccnc1. The highest BCUT2D eigenvalue weighted by Gasteiger charge is 2.30. The Bertz CT molecular complexity index is 531. The van der Waals surface area contributed by atoms with E-state index in [2.05, 4.69) is 9.98 Å². The molecule has 0 amide bonds. The maximum absolute atomic E-state index is 11.8. The van der Waals surface area contributed by atoms with Crippen LogP contribution in [0.15, 0.2) is 35.2 Å². The Morgan fingerprint density at radius 2 is 2.16 bits per heavy atom. The summed E-state index contributed by atoms with van der Waals surface area (Å²) in [6.07, 6.45) is 6.77. The van der Waals surface area contributed by atoms with Gasteiger partial charge in [-0.2, -0.15) is 0 Å². The van der Waals surface area contributed by atoms with Gasteiger partial charge in [0.15, 0.2) is 5.70 Å². The van der Waals surface area contributed by atoms with E-state index in [1.807, 2.05) is 12.1 Å². The molecule has 98 valence electrons. The molecule has 0 bridgehead atoms. The number of hydrogen-bond acceptors (Lipinski definition) is 5. The summed E-state index contributed by atoms with van der Waals surface area (Å²) in [7, 11) is 0. The van der Waals surface area contributed by atoms with Gasteiger partial charge in [0.1, 0.15) is 0 Å². The minimum absolute atomic E-state index is 0.192. The van der Waals surface area contributed by atoms with Gasteiger partial charge >= 0.3 is 5.97 Å². The van der Waals surface area contributed by atoms with Crippen LogP contribution in [0.1, 0.15) is 18.4 Å². The van der Waals surface area contributed by atoms with E-state index < -0.39 is 0 Å². The van der Waals surface area contributed by atoms with Crippen LogP contribution in [0.25, 0.3) is 6.08 Å². The quantitative estimate of drug-likeness (QED) is 0.599. The highest BCUT2D eigenvalue weighted by atomic mass is 16.6. The Morgan fingerprint density at radius 1 is 1.32 bits per heavy atom. The molecule has 0 aliphatic carbocycles. The molecule has 0 aromatic carbocycles. The Morgan fingerprint density at radius 3 is 2.89 bits per heavy atom. The summed E-state index contributed by atoms with van der Waals surface area (Å²) in [5.41, 5.74) is 1.18. The van der Waals surface area contributed by atoms with Crippen LogP contribution in [-0.2, 0) is 14.3 Å². The zero-order valence-corrected chi connectivity index (χ0v) is 10.4. The molecule has 2 aliphatic rings. The molecule has 19 heavy (non-hydrogen) atoms. The maximum atomic E-state index is 11.8. The number of hydrogen-bond donors (Lipinski definition) is 0. The molecule has 1 aromatic heterocycles. The van der Waals surface area contributed by atoms with Crippen molar-refractivity contribution in [2.45, 2.75) is 12.8 Å². The number of carbonyl (C=O) groups excluding carboxylic acids is 1. The van der Waals surface area contributed by atoms with Crippen molar-refractivity contribution < 1.29 is 14.3 Å². The van der Waals surface area contributed by atoms with Crippen LogP contribution < -0.4 is 0 Å². The molecule has 5 nitrogen and oxygen atoms in total. The average molecular weight is 258 g/mol. The molecule has 0 atom stereocenters. The molecule has 1 aromatic rings. The van der Waals surface area contributed by atoms with E-state index in [1.54, 1.807) is 18.5 Å². The summed E-state index contributed by atoms with van der Waals surface area (Å²) >= 11 is 0. The van der Waals surface area contributed by atoms with E-state index >= 15 is 0 Å². The second-order valence-electron chi connectivity index (χ2n) is 4.54. The maximum Gasteiger partial charge on any atom is 0.363 e. The van der Waals surface area contributed by atoms with Crippen molar-refractivity contribution >= 4 is 17.9 Å². The lowest BCUT2D eigenvalue weighted by atomic mass is 10.0. The minimum atomic E-state index is -0.384. The van der Waals surface area contributed by atoms with Crippen LogP contribution in [-0.4, -0.2) is 30.1 Å². The highest BCUT2D eigenvalue weighted by molar-refractivity contribution is 6.07. The van der Waals surface area contributed by atoms with Crippen LogP contribution in [0.5, 0.6) is 0 Å². The first-order valence-corrected chi connectivity index (χ1v) is 6.33. The van der Waals surface area contributed by atoms with Gasteiger partial charge in [0.05, 0.1) is 0 Å². The molecule has 0 spiro atoms. The number of carbonyl (C=O) groups is 1. The molecule has 1 fully saturated rings. The Labute approximate surface area is 111 Å². The van der Waals surface area contributed by atoms with E-state index in [9.17, 15) is 4.79 Å². The fourth-order valence-corrected chi connectivity index (χ4v) is 2.16. The van der Waals surface area contributed by atoms with E-state index in [0.717, 1.165) is 18.4 Å². The number of pyridine rings is 1. The topological polar surface area (TPSA) is 60.8 Å². The number of cyclic esters (lactones) is 1. The molecule has 0 radical (unpaired) electrons. The summed E-state index contributed by atoms with van der Waals surface area (Å²) in [4.78, 5) is 20.1. The third-order valence-electron chi connectivity index (χ3n) is 3.20. The number of esters is 1. The first kappa shape index (κ1) is 12.0. The molecule has 0 unspecified atom stereocenters. The van der Waals surface area contributed by atoms with Crippen LogP contribution >= 0.6 is 0 Å². The van der Waals surface area contributed by atoms with Gasteiger partial charge in [-0.25, -0.2) is 9.79 Å². The molecular weight excluding hydrogens is 244 g/mol. The summed E-state index contributed by atoms with van der Waals surface area (Å²) in [5.74, 6) is 0.339. The lowest BCUT2D eigenvalue weighted by Gasteiger charge is -2.20.